The van der Waals surface area contributed by atoms with Crippen LogP contribution >= 0.6 is 0 Å². The van der Waals surface area contributed by atoms with Crippen molar-refractivity contribution in [2.45, 2.75) is 32.9 Å². The van der Waals surface area contributed by atoms with Crippen LogP contribution in [0.3, 0.4) is 0 Å². The maximum absolute atomic E-state index is 12.1. The number of benzene rings is 1. The summed E-state index contributed by atoms with van der Waals surface area (Å²) in [5.41, 5.74) is 1.08. The molecule has 106 valence electrons. The normalized spacial score (nSPS) is 10.7. The Morgan fingerprint density at radius 1 is 1.32 bits per heavy atom. The largest absolute Gasteiger partial charge is 0.395 e. The molecule has 0 radical (unpaired) electrons. The van der Waals surface area contributed by atoms with Crippen molar-refractivity contribution >= 4 is 5.91 Å². The van der Waals surface area contributed by atoms with Crippen molar-refractivity contribution in [1.29, 1.82) is 0 Å². The quantitative estimate of drug-likeness (QED) is 0.746. The number of aliphatic hydroxyl groups excluding tert-OH is 1. The van der Waals surface area contributed by atoms with E-state index >= 15 is 0 Å². The molecule has 0 heterocycles. The number of rotatable bonds is 8. The van der Waals surface area contributed by atoms with Crippen LogP contribution in [0.2, 0.25) is 0 Å². The van der Waals surface area contributed by atoms with Crippen LogP contribution in [-0.4, -0.2) is 41.7 Å². The molecule has 1 aromatic carbocycles. The van der Waals surface area contributed by atoms with Gasteiger partial charge >= 0.3 is 0 Å². The van der Waals surface area contributed by atoms with Crippen LogP contribution in [0.4, 0.5) is 0 Å². The van der Waals surface area contributed by atoms with Crippen LogP contribution in [-0.2, 0) is 11.3 Å². The van der Waals surface area contributed by atoms with E-state index < -0.39 is 0 Å². The highest BCUT2D eigenvalue weighted by Crippen LogP contribution is 2.05. The fourth-order valence-corrected chi connectivity index (χ4v) is 1.84. The van der Waals surface area contributed by atoms with Gasteiger partial charge in [-0.1, -0.05) is 44.2 Å². The van der Waals surface area contributed by atoms with Gasteiger partial charge in [-0.3, -0.25) is 4.79 Å². The average Bonchev–Trinajstić information content (AvgIpc) is 2.39. The van der Waals surface area contributed by atoms with Gasteiger partial charge in [0.05, 0.1) is 6.61 Å². The molecule has 0 bridgehead atoms. The smallest absolute Gasteiger partial charge is 0.224 e. The Kier molecular flexibility index (Phi) is 7.15. The minimum absolute atomic E-state index is 0.00379. The second-order valence-corrected chi connectivity index (χ2v) is 4.88. The van der Waals surface area contributed by atoms with Crippen LogP contribution in [0.25, 0.3) is 0 Å². The minimum atomic E-state index is -0.00379. The van der Waals surface area contributed by atoms with Crippen LogP contribution in [0.1, 0.15) is 25.8 Å². The first kappa shape index (κ1) is 15.7. The third kappa shape index (κ3) is 6.36. The van der Waals surface area contributed by atoms with Crippen LogP contribution < -0.4 is 5.32 Å². The summed E-state index contributed by atoms with van der Waals surface area (Å²) in [4.78, 5) is 13.8. The number of nitrogens with one attached hydrogen (secondary N) is 1. The van der Waals surface area contributed by atoms with E-state index in [1.54, 1.807) is 4.90 Å². The molecule has 0 spiro atoms. The third-order valence-corrected chi connectivity index (χ3v) is 2.83. The highest BCUT2D eigenvalue weighted by molar-refractivity contribution is 5.76. The molecule has 2 N–H and O–H groups in total. The predicted octanol–water partition coefficient (Wildman–Crippen LogP) is 1.40. The first-order valence-corrected chi connectivity index (χ1v) is 6.79. The Labute approximate surface area is 115 Å². The highest BCUT2D eigenvalue weighted by atomic mass is 16.3. The molecule has 4 nitrogen and oxygen atoms in total. The van der Waals surface area contributed by atoms with E-state index in [4.69, 9.17) is 5.11 Å². The Hall–Kier alpha value is -1.39. The number of amides is 1. The van der Waals surface area contributed by atoms with Crippen molar-refractivity contribution in [3.63, 3.8) is 0 Å². The molecule has 4 heteroatoms. The molecular formula is C15H24N2O2. The Morgan fingerprint density at radius 2 is 2.00 bits per heavy atom. The van der Waals surface area contributed by atoms with Crippen LogP contribution in [0.15, 0.2) is 30.3 Å². The fourth-order valence-electron chi connectivity index (χ4n) is 1.84. The summed E-state index contributed by atoms with van der Waals surface area (Å²) in [6.45, 7) is 5.72. The summed E-state index contributed by atoms with van der Waals surface area (Å²) in [6, 6.07) is 10.2. The first-order valence-electron chi connectivity index (χ1n) is 6.79. The summed E-state index contributed by atoms with van der Waals surface area (Å²) in [7, 11) is 0. The van der Waals surface area contributed by atoms with Gasteiger partial charge in [0.15, 0.2) is 0 Å². The lowest BCUT2D eigenvalue weighted by molar-refractivity contribution is -0.132. The zero-order valence-electron chi connectivity index (χ0n) is 11.8. The third-order valence-electron chi connectivity index (χ3n) is 2.83. The monoisotopic (exact) mass is 264 g/mol. The van der Waals surface area contributed by atoms with Gasteiger partial charge in [-0.05, 0) is 5.56 Å². The molecule has 1 amide bonds. The molecule has 0 atom stereocenters. The summed E-state index contributed by atoms with van der Waals surface area (Å²) in [5, 5.41) is 12.3. The highest BCUT2D eigenvalue weighted by Gasteiger charge is 2.13. The zero-order valence-corrected chi connectivity index (χ0v) is 11.8. The minimum Gasteiger partial charge on any atom is -0.395 e. The molecule has 0 aliphatic rings. The summed E-state index contributed by atoms with van der Waals surface area (Å²) >= 11 is 0. The molecule has 0 aliphatic carbocycles. The van der Waals surface area contributed by atoms with Crippen LogP contribution in [0, 0.1) is 0 Å². The average molecular weight is 264 g/mol. The van der Waals surface area contributed by atoms with E-state index in [2.05, 4.69) is 19.2 Å². The van der Waals surface area contributed by atoms with Gasteiger partial charge in [0, 0.05) is 32.1 Å². The van der Waals surface area contributed by atoms with E-state index in [1.165, 1.54) is 0 Å². The van der Waals surface area contributed by atoms with Crippen molar-refractivity contribution in [2.24, 2.45) is 0 Å². The zero-order chi connectivity index (χ0) is 14.1. The number of aliphatic hydroxyl groups is 1. The Balaban J connectivity index is 2.49. The first-order chi connectivity index (χ1) is 9.13. The van der Waals surface area contributed by atoms with Gasteiger partial charge in [-0.25, -0.2) is 0 Å². The SMILES string of the molecule is CC(C)NCCC(=O)N(CCO)Cc1ccccc1. The van der Waals surface area contributed by atoms with Gasteiger partial charge in [0.2, 0.25) is 5.91 Å². The summed E-state index contributed by atoms with van der Waals surface area (Å²) in [6.07, 6.45) is 0.463. The lowest BCUT2D eigenvalue weighted by Crippen LogP contribution is -2.36. The Morgan fingerprint density at radius 3 is 2.58 bits per heavy atom. The summed E-state index contributed by atoms with van der Waals surface area (Å²) < 4.78 is 0. The molecule has 0 fully saturated rings. The van der Waals surface area contributed by atoms with Crippen molar-refractivity contribution in [3.8, 4) is 0 Å². The van der Waals surface area contributed by atoms with E-state index in [0.717, 1.165) is 5.56 Å². The van der Waals surface area contributed by atoms with Crippen molar-refractivity contribution in [1.82, 2.24) is 10.2 Å². The van der Waals surface area contributed by atoms with Gasteiger partial charge in [-0.15, -0.1) is 0 Å². The van der Waals surface area contributed by atoms with E-state index in [0.29, 0.717) is 32.1 Å². The number of carbonyl (C=O) groups is 1. The lowest BCUT2D eigenvalue weighted by Gasteiger charge is -2.22. The topological polar surface area (TPSA) is 52.6 Å². The molecule has 1 aromatic rings. The molecule has 0 unspecified atom stereocenters. The lowest BCUT2D eigenvalue weighted by atomic mass is 10.2. The molecule has 1 rings (SSSR count). The van der Waals surface area contributed by atoms with Gasteiger partial charge in [0.25, 0.3) is 0 Å². The maximum atomic E-state index is 12.1. The molecule has 0 saturated heterocycles. The molecule has 0 saturated carbocycles. The van der Waals surface area contributed by atoms with Crippen molar-refractivity contribution in [3.05, 3.63) is 35.9 Å². The van der Waals surface area contributed by atoms with Crippen molar-refractivity contribution < 1.29 is 9.90 Å². The molecule has 0 aromatic heterocycles. The Bertz CT molecular complexity index is 366. The van der Waals surface area contributed by atoms with E-state index in [1.807, 2.05) is 30.3 Å². The van der Waals surface area contributed by atoms with E-state index in [9.17, 15) is 4.79 Å². The number of hydrogen-bond acceptors (Lipinski definition) is 3. The molecule has 19 heavy (non-hydrogen) atoms. The predicted molar refractivity (Wildman–Crippen MR) is 76.7 cm³/mol. The van der Waals surface area contributed by atoms with Crippen LogP contribution in [0.5, 0.6) is 0 Å². The maximum Gasteiger partial charge on any atom is 0.224 e. The fraction of sp³-hybridized carbons (Fsp3) is 0.533. The van der Waals surface area contributed by atoms with Gasteiger partial charge < -0.3 is 15.3 Å². The van der Waals surface area contributed by atoms with E-state index in [-0.39, 0.29) is 12.5 Å². The summed E-state index contributed by atoms with van der Waals surface area (Å²) in [5.74, 6) is 0.0750. The second-order valence-electron chi connectivity index (χ2n) is 4.88. The number of nitrogens with zero attached hydrogens (tertiary/aromatic N) is 1. The number of hydrogen-bond donors (Lipinski definition) is 2. The standard InChI is InChI=1S/C15H24N2O2/c1-13(2)16-9-8-15(19)17(10-11-18)12-14-6-4-3-5-7-14/h3-7,13,16,18H,8-12H2,1-2H3. The van der Waals surface area contributed by atoms with Crippen molar-refractivity contribution in [2.75, 3.05) is 19.7 Å². The van der Waals surface area contributed by atoms with Gasteiger partial charge in [0.1, 0.15) is 0 Å². The number of carbonyl (C=O) groups excluding carboxylic acids is 1. The van der Waals surface area contributed by atoms with Gasteiger partial charge in [-0.2, -0.15) is 0 Å². The molecular weight excluding hydrogens is 240 g/mol. The molecule has 0 aliphatic heterocycles. The second kappa shape index (κ2) is 8.67.